The topological polar surface area (TPSA) is 26.3 Å². The SMILES string of the molecule is CC(C)Oc1cccc(C(=O)C=Cc2ccccc2)c1. The highest BCUT2D eigenvalue weighted by molar-refractivity contribution is 6.07. The zero-order valence-electron chi connectivity index (χ0n) is 11.7. The van der Waals surface area contributed by atoms with Gasteiger partial charge < -0.3 is 4.74 Å². The molecule has 0 fully saturated rings. The normalized spacial score (nSPS) is 10.9. The summed E-state index contributed by atoms with van der Waals surface area (Å²) in [5.41, 5.74) is 1.64. The van der Waals surface area contributed by atoms with Gasteiger partial charge in [-0.05, 0) is 37.6 Å². The Morgan fingerprint density at radius 2 is 1.80 bits per heavy atom. The molecule has 2 rings (SSSR count). The van der Waals surface area contributed by atoms with Gasteiger partial charge in [-0.2, -0.15) is 0 Å². The molecule has 0 aliphatic rings. The van der Waals surface area contributed by atoms with Crippen LogP contribution in [0.5, 0.6) is 5.75 Å². The van der Waals surface area contributed by atoms with E-state index in [0.717, 1.165) is 11.3 Å². The minimum Gasteiger partial charge on any atom is -0.491 e. The van der Waals surface area contributed by atoms with Crippen molar-refractivity contribution in [2.45, 2.75) is 20.0 Å². The van der Waals surface area contributed by atoms with Crippen LogP contribution in [-0.2, 0) is 0 Å². The third-order valence-corrected chi connectivity index (χ3v) is 2.72. The summed E-state index contributed by atoms with van der Waals surface area (Å²) < 4.78 is 5.59. The number of benzene rings is 2. The van der Waals surface area contributed by atoms with Crippen molar-refractivity contribution in [1.82, 2.24) is 0 Å². The lowest BCUT2D eigenvalue weighted by molar-refractivity contribution is 0.104. The lowest BCUT2D eigenvalue weighted by Gasteiger charge is -2.09. The molecule has 0 unspecified atom stereocenters. The summed E-state index contributed by atoms with van der Waals surface area (Å²) in [6.45, 7) is 3.92. The van der Waals surface area contributed by atoms with Crippen molar-refractivity contribution >= 4 is 11.9 Å². The van der Waals surface area contributed by atoms with Crippen molar-refractivity contribution in [2.75, 3.05) is 0 Å². The van der Waals surface area contributed by atoms with Gasteiger partial charge in [0.25, 0.3) is 0 Å². The van der Waals surface area contributed by atoms with Gasteiger partial charge in [0.2, 0.25) is 0 Å². The highest BCUT2D eigenvalue weighted by Crippen LogP contribution is 2.16. The number of ether oxygens (including phenoxy) is 1. The number of carbonyl (C=O) groups excluding carboxylic acids is 1. The number of ketones is 1. The highest BCUT2D eigenvalue weighted by atomic mass is 16.5. The van der Waals surface area contributed by atoms with Gasteiger partial charge in [-0.25, -0.2) is 0 Å². The molecule has 0 amide bonds. The van der Waals surface area contributed by atoms with E-state index in [1.807, 2.05) is 62.4 Å². The van der Waals surface area contributed by atoms with Crippen LogP contribution in [0.3, 0.4) is 0 Å². The minimum atomic E-state index is -0.0249. The van der Waals surface area contributed by atoms with Crippen LogP contribution in [0.1, 0.15) is 29.8 Å². The smallest absolute Gasteiger partial charge is 0.185 e. The molecular weight excluding hydrogens is 248 g/mol. The molecule has 2 nitrogen and oxygen atoms in total. The van der Waals surface area contributed by atoms with Gasteiger partial charge in [-0.3, -0.25) is 4.79 Å². The Hall–Kier alpha value is -2.35. The first-order chi connectivity index (χ1) is 9.65. The van der Waals surface area contributed by atoms with E-state index in [-0.39, 0.29) is 11.9 Å². The fraction of sp³-hybridized carbons (Fsp3) is 0.167. The molecule has 0 bridgehead atoms. The molecule has 2 heteroatoms. The maximum Gasteiger partial charge on any atom is 0.185 e. The van der Waals surface area contributed by atoms with Gasteiger partial charge in [0, 0.05) is 5.56 Å². The van der Waals surface area contributed by atoms with Crippen LogP contribution < -0.4 is 4.74 Å². The molecule has 0 aromatic heterocycles. The Kier molecular flexibility index (Phi) is 4.72. The largest absolute Gasteiger partial charge is 0.491 e. The van der Waals surface area contributed by atoms with Crippen LogP contribution in [-0.4, -0.2) is 11.9 Å². The summed E-state index contributed by atoms with van der Waals surface area (Å²) in [6.07, 6.45) is 3.50. The van der Waals surface area contributed by atoms with Crippen molar-refractivity contribution in [3.8, 4) is 5.75 Å². The molecule has 0 heterocycles. The van der Waals surface area contributed by atoms with Crippen LogP contribution >= 0.6 is 0 Å². The maximum absolute atomic E-state index is 12.1. The van der Waals surface area contributed by atoms with E-state index in [9.17, 15) is 4.79 Å². The van der Waals surface area contributed by atoms with Crippen LogP contribution in [0.4, 0.5) is 0 Å². The van der Waals surface area contributed by atoms with Gasteiger partial charge in [-0.1, -0.05) is 48.5 Å². The summed E-state index contributed by atoms with van der Waals surface area (Å²) in [5, 5.41) is 0. The van der Waals surface area contributed by atoms with Crippen molar-refractivity contribution in [3.05, 3.63) is 71.8 Å². The molecule has 0 radical (unpaired) electrons. The quantitative estimate of drug-likeness (QED) is 0.593. The van der Waals surface area contributed by atoms with Gasteiger partial charge in [0.05, 0.1) is 6.10 Å². The second kappa shape index (κ2) is 6.71. The van der Waals surface area contributed by atoms with Crippen LogP contribution in [0.25, 0.3) is 6.08 Å². The van der Waals surface area contributed by atoms with Crippen molar-refractivity contribution in [2.24, 2.45) is 0 Å². The number of rotatable bonds is 5. The minimum absolute atomic E-state index is 0.0249. The standard InChI is InChI=1S/C18H18O2/c1-14(2)20-17-10-6-9-16(13-17)18(19)12-11-15-7-4-3-5-8-15/h3-14H,1-2H3. The number of carbonyl (C=O) groups is 1. The highest BCUT2D eigenvalue weighted by Gasteiger charge is 2.04. The molecule has 0 saturated heterocycles. The predicted molar refractivity (Wildman–Crippen MR) is 82.0 cm³/mol. The van der Waals surface area contributed by atoms with Crippen LogP contribution in [0.2, 0.25) is 0 Å². The van der Waals surface area contributed by atoms with E-state index in [1.54, 1.807) is 18.2 Å². The number of allylic oxidation sites excluding steroid dienone is 1. The Morgan fingerprint density at radius 3 is 2.50 bits per heavy atom. The third-order valence-electron chi connectivity index (χ3n) is 2.72. The zero-order chi connectivity index (χ0) is 14.4. The van der Waals surface area contributed by atoms with Gasteiger partial charge in [-0.15, -0.1) is 0 Å². The second-order valence-corrected chi connectivity index (χ2v) is 4.80. The van der Waals surface area contributed by atoms with E-state index >= 15 is 0 Å². The molecular formula is C18H18O2. The molecule has 20 heavy (non-hydrogen) atoms. The van der Waals surface area contributed by atoms with E-state index in [0.29, 0.717) is 5.56 Å². The lowest BCUT2D eigenvalue weighted by Crippen LogP contribution is -2.06. The molecule has 2 aromatic carbocycles. The number of hydrogen-bond donors (Lipinski definition) is 0. The average molecular weight is 266 g/mol. The predicted octanol–water partition coefficient (Wildman–Crippen LogP) is 4.37. The monoisotopic (exact) mass is 266 g/mol. The molecule has 2 aromatic rings. The first-order valence-corrected chi connectivity index (χ1v) is 6.69. The molecule has 0 aliphatic carbocycles. The molecule has 0 saturated carbocycles. The first kappa shape index (κ1) is 14.1. The summed E-state index contributed by atoms with van der Waals surface area (Å²) in [7, 11) is 0. The van der Waals surface area contributed by atoms with E-state index in [4.69, 9.17) is 4.74 Å². The van der Waals surface area contributed by atoms with Crippen molar-refractivity contribution in [3.63, 3.8) is 0 Å². The Morgan fingerprint density at radius 1 is 1.05 bits per heavy atom. The van der Waals surface area contributed by atoms with Gasteiger partial charge in [0.1, 0.15) is 5.75 Å². The van der Waals surface area contributed by atoms with E-state index in [2.05, 4.69) is 0 Å². The second-order valence-electron chi connectivity index (χ2n) is 4.80. The fourth-order valence-corrected chi connectivity index (χ4v) is 1.83. The van der Waals surface area contributed by atoms with Gasteiger partial charge >= 0.3 is 0 Å². The summed E-state index contributed by atoms with van der Waals surface area (Å²) >= 11 is 0. The maximum atomic E-state index is 12.1. The Labute approximate surface area is 119 Å². The number of hydrogen-bond acceptors (Lipinski definition) is 2. The lowest BCUT2D eigenvalue weighted by atomic mass is 10.1. The van der Waals surface area contributed by atoms with E-state index in [1.165, 1.54) is 0 Å². The summed E-state index contributed by atoms with van der Waals surface area (Å²) in [6, 6.07) is 17.0. The Balaban J connectivity index is 2.11. The molecule has 0 atom stereocenters. The third kappa shape index (κ3) is 4.09. The Bertz CT molecular complexity index is 598. The summed E-state index contributed by atoms with van der Waals surface area (Å²) in [5.74, 6) is 0.696. The zero-order valence-corrected chi connectivity index (χ0v) is 11.7. The van der Waals surface area contributed by atoms with Crippen molar-refractivity contribution in [1.29, 1.82) is 0 Å². The van der Waals surface area contributed by atoms with E-state index < -0.39 is 0 Å². The first-order valence-electron chi connectivity index (χ1n) is 6.69. The fourth-order valence-electron chi connectivity index (χ4n) is 1.83. The summed E-state index contributed by atoms with van der Waals surface area (Å²) in [4.78, 5) is 12.1. The molecule has 0 N–H and O–H groups in total. The van der Waals surface area contributed by atoms with Crippen molar-refractivity contribution < 1.29 is 9.53 Å². The molecule has 0 aliphatic heterocycles. The average Bonchev–Trinajstić information content (AvgIpc) is 2.45. The van der Waals surface area contributed by atoms with Crippen LogP contribution in [0, 0.1) is 0 Å². The van der Waals surface area contributed by atoms with Crippen LogP contribution in [0.15, 0.2) is 60.7 Å². The molecule has 0 spiro atoms. The molecule has 102 valence electrons. The van der Waals surface area contributed by atoms with Gasteiger partial charge in [0.15, 0.2) is 5.78 Å².